The van der Waals surface area contributed by atoms with Crippen LogP contribution < -0.4 is 0 Å². The maximum absolute atomic E-state index is 12.6. The summed E-state index contributed by atoms with van der Waals surface area (Å²) in [6, 6.07) is 0. The van der Waals surface area contributed by atoms with Crippen LogP contribution >= 0.6 is 11.3 Å². The molecule has 2 nitrogen and oxygen atoms in total. The molecule has 1 heterocycles. The van der Waals surface area contributed by atoms with E-state index >= 15 is 0 Å². The second kappa shape index (κ2) is 4.45. The van der Waals surface area contributed by atoms with Crippen LogP contribution in [0.25, 0.3) is 0 Å². The van der Waals surface area contributed by atoms with Crippen molar-refractivity contribution in [3.63, 3.8) is 0 Å². The van der Waals surface area contributed by atoms with Gasteiger partial charge in [-0.25, -0.2) is 4.98 Å². The van der Waals surface area contributed by atoms with Gasteiger partial charge in [-0.1, -0.05) is 20.8 Å². The summed E-state index contributed by atoms with van der Waals surface area (Å²) in [4.78, 5) is 3.75. The zero-order chi connectivity index (χ0) is 14.5. The van der Waals surface area contributed by atoms with Crippen LogP contribution in [0.15, 0.2) is 6.20 Å². The van der Waals surface area contributed by atoms with Crippen molar-refractivity contribution in [1.29, 1.82) is 0 Å². The van der Waals surface area contributed by atoms with E-state index in [0.717, 1.165) is 12.8 Å². The van der Waals surface area contributed by atoms with E-state index in [0.29, 0.717) is 22.6 Å². The fraction of sp³-hybridized carbons (Fsp3) is 0.769. The van der Waals surface area contributed by atoms with Crippen LogP contribution in [-0.2, 0) is 11.8 Å². The largest absolute Gasteiger partial charge is 0.443 e. The van der Waals surface area contributed by atoms with Gasteiger partial charge < -0.3 is 5.11 Å². The Kier molecular flexibility index (Phi) is 3.46. The standard InChI is InChI=1S/C13H18F3NOS/c1-8-6-11(2,3)4-5-12(8,18)9-7-17-10(19-9)13(14,15)16/h7-8,18H,4-6H2,1-3H3. The SMILES string of the molecule is CC1CC(C)(C)CCC1(O)c1cnc(C(F)(F)F)s1. The molecule has 0 amide bonds. The van der Waals surface area contributed by atoms with Crippen LogP contribution in [0.2, 0.25) is 0 Å². The van der Waals surface area contributed by atoms with Crippen molar-refractivity contribution < 1.29 is 18.3 Å². The number of alkyl halides is 3. The molecule has 1 aliphatic rings. The topological polar surface area (TPSA) is 33.1 Å². The number of rotatable bonds is 1. The Balaban J connectivity index is 2.28. The van der Waals surface area contributed by atoms with E-state index in [1.54, 1.807) is 0 Å². The van der Waals surface area contributed by atoms with Gasteiger partial charge in [-0.15, -0.1) is 11.3 Å². The Hall–Kier alpha value is -0.620. The van der Waals surface area contributed by atoms with Gasteiger partial charge in [-0.2, -0.15) is 13.2 Å². The molecule has 108 valence electrons. The highest BCUT2D eigenvalue weighted by Crippen LogP contribution is 2.50. The average Bonchev–Trinajstić information content (AvgIpc) is 2.72. The zero-order valence-electron chi connectivity index (χ0n) is 11.2. The first-order valence-corrected chi connectivity index (χ1v) is 7.12. The van der Waals surface area contributed by atoms with Crippen molar-refractivity contribution in [2.75, 3.05) is 0 Å². The molecule has 1 fully saturated rings. The molecule has 0 aliphatic heterocycles. The number of hydrogen-bond donors (Lipinski definition) is 1. The van der Waals surface area contributed by atoms with Gasteiger partial charge >= 0.3 is 6.18 Å². The van der Waals surface area contributed by atoms with E-state index in [1.165, 1.54) is 6.20 Å². The minimum Gasteiger partial charge on any atom is -0.384 e. The van der Waals surface area contributed by atoms with Crippen molar-refractivity contribution in [3.8, 4) is 0 Å². The first-order valence-electron chi connectivity index (χ1n) is 6.30. The third-order valence-corrected chi connectivity index (χ3v) is 5.24. The van der Waals surface area contributed by atoms with Gasteiger partial charge in [-0.3, -0.25) is 0 Å². The van der Waals surface area contributed by atoms with Crippen LogP contribution in [0.4, 0.5) is 13.2 Å². The van der Waals surface area contributed by atoms with Crippen LogP contribution in [0.1, 0.15) is 49.9 Å². The van der Waals surface area contributed by atoms with Gasteiger partial charge in [-0.05, 0) is 30.6 Å². The Bertz CT molecular complexity index is 469. The molecule has 0 aromatic carbocycles. The zero-order valence-corrected chi connectivity index (χ0v) is 12.0. The summed E-state index contributed by atoms with van der Waals surface area (Å²) in [5.41, 5.74) is -1.04. The van der Waals surface area contributed by atoms with E-state index in [2.05, 4.69) is 18.8 Å². The van der Waals surface area contributed by atoms with Gasteiger partial charge in [0.25, 0.3) is 0 Å². The summed E-state index contributed by atoms with van der Waals surface area (Å²) in [5.74, 6) is -0.0715. The van der Waals surface area contributed by atoms with Crippen molar-refractivity contribution in [1.82, 2.24) is 4.98 Å². The Morgan fingerprint density at radius 3 is 2.47 bits per heavy atom. The van der Waals surface area contributed by atoms with Gasteiger partial charge in [0.1, 0.15) is 5.60 Å². The van der Waals surface area contributed by atoms with Crippen molar-refractivity contribution in [2.45, 2.75) is 51.8 Å². The molecule has 1 aromatic heterocycles. The minimum absolute atomic E-state index is 0.0715. The van der Waals surface area contributed by atoms with E-state index < -0.39 is 16.8 Å². The Morgan fingerprint density at radius 1 is 1.37 bits per heavy atom. The number of halogens is 3. The predicted molar refractivity (Wildman–Crippen MR) is 67.8 cm³/mol. The van der Waals surface area contributed by atoms with Crippen LogP contribution in [0.3, 0.4) is 0 Å². The molecule has 0 radical (unpaired) electrons. The van der Waals surface area contributed by atoms with Gasteiger partial charge in [0.2, 0.25) is 0 Å². The van der Waals surface area contributed by atoms with E-state index in [1.807, 2.05) is 6.92 Å². The molecular weight excluding hydrogens is 275 g/mol. The molecular formula is C13H18F3NOS. The molecule has 1 N–H and O–H groups in total. The summed E-state index contributed by atoms with van der Waals surface area (Å²) in [5, 5.41) is 9.84. The molecule has 1 aliphatic carbocycles. The molecule has 1 saturated carbocycles. The summed E-state index contributed by atoms with van der Waals surface area (Å²) in [6.07, 6.45) is -1.17. The van der Waals surface area contributed by atoms with E-state index in [9.17, 15) is 18.3 Å². The van der Waals surface area contributed by atoms with Crippen LogP contribution in [0.5, 0.6) is 0 Å². The molecule has 0 saturated heterocycles. The molecule has 2 atom stereocenters. The highest BCUT2D eigenvalue weighted by Gasteiger charge is 2.46. The Morgan fingerprint density at radius 2 is 2.00 bits per heavy atom. The van der Waals surface area contributed by atoms with Crippen molar-refractivity contribution >= 4 is 11.3 Å². The molecule has 1 aromatic rings. The molecule has 0 spiro atoms. The maximum atomic E-state index is 12.6. The summed E-state index contributed by atoms with van der Waals surface area (Å²) in [7, 11) is 0. The number of aliphatic hydroxyl groups is 1. The first kappa shape index (κ1) is 14.8. The van der Waals surface area contributed by atoms with Crippen molar-refractivity contribution in [3.05, 3.63) is 16.1 Å². The fourth-order valence-corrected chi connectivity index (χ4v) is 3.86. The highest BCUT2D eigenvalue weighted by molar-refractivity contribution is 7.11. The predicted octanol–water partition coefficient (Wildman–Crippen LogP) is 4.20. The lowest BCUT2D eigenvalue weighted by Gasteiger charge is -2.44. The maximum Gasteiger partial charge on any atom is 0.443 e. The lowest BCUT2D eigenvalue weighted by Crippen LogP contribution is -2.41. The second-order valence-electron chi connectivity index (χ2n) is 6.22. The van der Waals surface area contributed by atoms with Crippen LogP contribution in [0, 0.1) is 11.3 Å². The lowest BCUT2D eigenvalue weighted by molar-refractivity contribution is -0.137. The summed E-state index contributed by atoms with van der Waals surface area (Å²) < 4.78 is 37.7. The van der Waals surface area contributed by atoms with Crippen LogP contribution in [-0.4, -0.2) is 10.1 Å². The van der Waals surface area contributed by atoms with E-state index in [-0.39, 0.29) is 11.3 Å². The quantitative estimate of drug-likeness (QED) is 0.842. The number of aromatic nitrogens is 1. The molecule has 19 heavy (non-hydrogen) atoms. The number of thiazole rings is 1. The van der Waals surface area contributed by atoms with Crippen molar-refractivity contribution in [2.24, 2.45) is 11.3 Å². The first-order chi connectivity index (χ1) is 8.55. The smallest absolute Gasteiger partial charge is 0.384 e. The lowest BCUT2D eigenvalue weighted by atomic mass is 9.65. The van der Waals surface area contributed by atoms with Gasteiger partial charge in [0, 0.05) is 6.20 Å². The third kappa shape index (κ3) is 2.79. The number of hydrogen-bond acceptors (Lipinski definition) is 3. The van der Waals surface area contributed by atoms with Gasteiger partial charge in [0.15, 0.2) is 5.01 Å². The summed E-state index contributed by atoms with van der Waals surface area (Å²) in [6.45, 7) is 6.14. The number of nitrogens with zero attached hydrogens (tertiary/aromatic N) is 1. The second-order valence-corrected chi connectivity index (χ2v) is 7.25. The van der Waals surface area contributed by atoms with Gasteiger partial charge in [0.05, 0.1) is 4.88 Å². The monoisotopic (exact) mass is 293 g/mol. The molecule has 2 unspecified atom stereocenters. The fourth-order valence-electron chi connectivity index (χ4n) is 2.85. The minimum atomic E-state index is -4.43. The van der Waals surface area contributed by atoms with E-state index in [4.69, 9.17) is 0 Å². The third-order valence-electron chi connectivity index (χ3n) is 4.03. The molecule has 2 rings (SSSR count). The molecule has 0 bridgehead atoms. The Labute approximate surface area is 114 Å². The average molecular weight is 293 g/mol. The summed E-state index contributed by atoms with van der Waals surface area (Å²) >= 11 is 0.563. The normalized spacial score (nSPS) is 31.4. The highest BCUT2D eigenvalue weighted by atomic mass is 32.1. The molecule has 6 heteroatoms.